The lowest BCUT2D eigenvalue weighted by molar-refractivity contribution is -0.129. The lowest BCUT2D eigenvalue weighted by Crippen LogP contribution is -2.38. The van der Waals surface area contributed by atoms with Gasteiger partial charge in [-0.25, -0.2) is 0 Å². The summed E-state index contributed by atoms with van der Waals surface area (Å²) in [7, 11) is 2.12. The van der Waals surface area contributed by atoms with Crippen LogP contribution in [0.25, 0.3) is 0 Å². The molecule has 1 aliphatic heterocycles. The molecule has 3 heteroatoms. The molecule has 2 rings (SSSR count). The molecule has 1 aliphatic carbocycles. The summed E-state index contributed by atoms with van der Waals surface area (Å²) in [4.78, 5) is 14.4. The summed E-state index contributed by atoms with van der Waals surface area (Å²) < 4.78 is 0. The maximum absolute atomic E-state index is 12.1. The molecule has 80 valence electrons. The average Bonchev–Trinajstić information content (AvgIpc) is 2.99. The molecule has 0 aromatic heterocycles. The molecule has 2 fully saturated rings. The lowest BCUT2D eigenvalue weighted by Gasteiger charge is -2.30. The topological polar surface area (TPSA) is 46.3 Å². The Morgan fingerprint density at radius 2 is 2.00 bits per heavy atom. The molecule has 0 bridgehead atoms. The number of hydrogen-bond acceptors (Lipinski definition) is 3. The average molecular weight is 196 g/mol. The van der Waals surface area contributed by atoms with Crippen LogP contribution in [0.15, 0.2) is 0 Å². The van der Waals surface area contributed by atoms with Gasteiger partial charge in [0.1, 0.15) is 5.78 Å². The van der Waals surface area contributed by atoms with E-state index in [1.807, 2.05) is 0 Å². The fourth-order valence-corrected chi connectivity index (χ4v) is 2.41. The molecule has 2 N–H and O–H groups in total. The number of piperidine rings is 1. The van der Waals surface area contributed by atoms with Gasteiger partial charge in [-0.05, 0) is 45.8 Å². The van der Waals surface area contributed by atoms with Crippen molar-refractivity contribution >= 4 is 5.78 Å². The van der Waals surface area contributed by atoms with Crippen molar-refractivity contribution in [3.8, 4) is 0 Å². The van der Waals surface area contributed by atoms with Crippen LogP contribution < -0.4 is 5.73 Å². The Balaban J connectivity index is 1.92. The minimum absolute atomic E-state index is 0.0828. The SMILES string of the molecule is CN1CCC(C(=O)C2(CN)CC2)CC1. The Morgan fingerprint density at radius 3 is 2.43 bits per heavy atom. The monoisotopic (exact) mass is 196 g/mol. The summed E-state index contributed by atoms with van der Waals surface area (Å²) in [5, 5.41) is 0. The van der Waals surface area contributed by atoms with E-state index >= 15 is 0 Å². The molecule has 1 saturated carbocycles. The first kappa shape index (κ1) is 10.1. The number of ketones is 1. The van der Waals surface area contributed by atoms with Crippen molar-refractivity contribution in [1.82, 2.24) is 4.90 Å². The number of carbonyl (C=O) groups excluding carboxylic acids is 1. The normalized spacial score (nSPS) is 27.6. The van der Waals surface area contributed by atoms with Crippen LogP contribution in [-0.4, -0.2) is 37.4 Å². The first-order chi connectivity index (χ1) is 6.68. The maximum atomic E-state index is 12.1. The number of hydrogen-bond donors (Lipinski definition) is 1. The number of rotatable bonds is 3. The second-order valence-corrected chi connectivity index (χ2v) is 4.93. The Hall–Kier alpha value is -0.410. The number of nitrogens with two attached hydrogens (primary N) is 1. The van der Waals surface area contributed by atoms with E-state index in [4.69, 9.17) is 5.73 Å². The molecule has 0 radical (unpaired) electrons. The van der Waals surface area contributed by atoms with E-state index in [1.165, 1.54) is 0 Å². The molecule has 14 heavy (non-hydrogen) atoms. The van der Waals surface area contributed by atoms with Gasteiger partial charge in [-0.3, -0.25) is 4.79 Å². The van der Waals surface area contributed by atoms with Crippen LogP contribution in [0.2, 0.25) is 0 Å². The Bertz CT molecular complexity index is 227. The summed E-state index contributed by atoms with van der Waals surface area (Å²) in [6, 6.07) is 0. The third kappa shape index (κ3) is 1.71. The van der Waals surface area contributed by atoms with Gasteiger partial charge in [-0.15, -0.1) is 0 Å². The zero-order valence-corrected chi connectivity index (χ0v) is 8.96. The van der Waals surface area contributed by atoms with Crippen molar-refractivity contribution in [3.63, 3.8) is 0 Å². The van der Waals surface area contributed by atoms with Gasteiger partial charge in [-0.1, -0.05) is 0 Å². The zero-order chi connectivity index (χ0) is 10.2. The van der Waals surface area contributed by atoms with Gasteiger partial charge in [-0.2, -0.15) is 0 Å². The number of Topliss-reactive ketones (excluding diaryl/α,β-unsaturated/α-hetero) is 1. The van der Waals surface area contributed by atoms with Crippen LogP contribution in [-0.2, 0) is 4.79 Å². The van der Waals surface area contributed by atoms with Crippen molar-refractivity contribution in [2.45, 2.75) is 25.7 Å². The zero-order valence-electron chi connectivity index (χ0n) is 8.96. The second kappa shape index (κ2) is 3.63. The molecule has 0 aromatic rings. The van der Waals surface area contributed by atoms with Crippen molar-refractivity contribution in [2.75, 3.05) is 26.7 Å². The smallest absolute Gasteiger partial charge is 0.143 e. The minimum atomic E-state index is -0.0828. The largest absolute Gasteiger partial charge is 0.329 e. The lowest BCUT2D eigenvalue weighted by atomic mass is 9.84. The van der Waals surface area contributed by atoms with Gasteiger partial charge >= 0.3 is 0 Å². The molecular formula is C11H20N2O. The molecule has 3 nitrogen and oxygen atoms in total. The van der Waals surface area contributed by atoms with E-state index in [2.05, 4.69) is 11.9 Å². The van der Waals surface area contributed by atoms with Gasteiger partial charge in [0.25, 0.3) is 0 Å². The molecule has 0 amide bonds. The van der Waals surface area contributed by atoms with Crippen LogP contribution >= 0.6 is 0 Å². The third-order valence-electron chi connectivity index (χ3n) is 3.86. The van der Waals surface area contributed by atoms with Crippen molar-refractivity contribution in [3.05, 3.63) is 0 Å². The summed E-state index contributed by atoms with van der Waals surface area (Å²) in [5.41, 5.74) is 5.59. The molecule has 1 saturated heterocycles. The first-order valence-electron chi connectivity index (χ1n) is 5.61. The van der Waals surface area contributed by atoms with E-state index in [0.29, 0.717) is 18.2 Å². The van der Waals surface area contributed by atoms with E-state index < -0.39 is 0 Å². The highest BCUT2D eigenvalue weighted by Crippen LogP contribution is 2.48. The van der Waals surface area contributed by atoms with E-state index in [-0.39, 0.29) is 5.41 Å². The highest BCUT2D eigenvalue weighted by atomic mass is 16.1. The highest BCUT2D eigenvalue weighted by molar-refractivity contribution is 5.89. The molecule has 2 aliphatic rings. The summed E-state index contributed by atoms with van der Waals surface area (Å²) in [6.07, 6.45) is 4.15. The van der Waals surface area contributed by atoms with Crippen LogP contribution in [0.1, 0.15) is 25.7 Å². The Morgan fingerprint density at radius 1 is 1.43 bits per heavy atom. The van der Waals surface area contributed by atoms with E-state index in [0.717, 1.165) is 38.8 Å². The predicted molar refractivity (Wildman–Crippen MR) is 55.9 cm³/mol. The fourth-order valence-electron chi connectivity index (χ4n) is 2.41. The fraction of sp³-hybridized carbons (Fsp3) is 0.909. The van der Waals surface area contributed by atoms with Gasteiger partial charge in [0.05, 0.1) is 0 Å². The predicted octanol–water partition coefficient (Wildman–Crippen LogP) is 0.636. The van der Waals surface area contributed by atoms with Crippen molar-refractivity contribution < 1.29 is 4.79 Å². The molecule has 0 atom stereocenters. The number of carbonyl (C=O) groups is 1. The van der Waals surface area contributed by atoms with E-state index in [9.17, 15) is 4.79 Å². The molecule has 1 heterocycles. The standard InChI is InChI=1S/C11H20N2O/c1-13-6-2-9(3-7-13)10(14)11(8-12)4-5-11/h9H,2-8,12H2,1H3. The summed E-state index contributed by atoms with van der Waals surface area (Å²) in [6.45, 7) is 2.70. The van der Waals surface area contributed by atoms with Crippen molar-refractivity contribution in [2.24, 2.45) is 17.1 Å². The van der Waals surface area contributed by atoms with Crippen LogP contribution in [0.4, 0.5) is 0 Å². The summed E-state index contributed by atoms with van der Waals surface area (Å²) in [5.74, 6) is 0.769. The van der Waals surface area contributed by atoms with Crippen molar-refractivity contribution in [1.29, 1.82) is 0 Å². The van der Waals surface area contributed by atoms with Gasteiger partial charge in [0, 0.05) is 17.9 Å². The summed E-state index contributed by atoms with van der Waals surface area (Å²) >= 11 is 0. The third-order valence-corrected chi connectivity index (χ3v) is 3.86. The highest BCUT2D eigenvalue weighted by Gasteiger charge is 2.50. The maximum Gasteiger partial charge on any atom is 0.143 e. The van der Waals surface area contributed by atoms with Crippen LogP contribution in [0.3, 0.4) is 0 Å². The molecule has 0 unspecified atom stereocenters. The van der Waals surface area contributed by atoms with Crippen LogP contribution in [0.5, 0.6) is 0 Å². The molecular weight excluding hydrogens is 176 g/mol. The van der Waals surface area contributed by atoms with Gasteiger partial charge < -0.3 is 10.6 Å². The molecule has 0 aromatic carbocycles. The number of nitrogens with zero attached hydrogens (tertiary/aromatic N) is 1. The first-order valence-corrected chi connectivity index (χ1v) is 5.61. The quantitative estimate of drug-likeness (QED) is 0.720. The Labute approximate surface area is 85.6 Å². The second-order valence-electron chi connectivity index (χ2n) is 4.93. The van der Waals surface area contributed by atoms with Gasteiger partial charge in [0.2, 0.25) is 0 Å². The Kier molecular flexibility index (Phi) is 2.62. The van der Waals surface area contributed by atoms with Crippen LogP contribution in [0, 0.1) is 11.3 Å². The van der Waals surface area contributed by atoms with Gasteiger partial charge in [0.15, 0.2) is 0 Å². The minimum Gasteiger partial charge on any atom is -0.329 e. The molecule has 0 spiro atoms. The number of likely N-dealkylation sites (tertiary alicyclic amines) is 1. The van der Waals surface area contributed by atoms with E-state index in [1.54, 1.807) is 0 Å².